The minimum Gasteiger partial charge on any atom is -0.396 e. The normalized spacial score (nSPS) is 21.3. The van der Waals surface area contributed by atoms with Crippen LogP contribution < -0.4 is 15.5 Å². The maximum Gasteiger partial charge on any atom is 0.315 e. The number of hydrogen-bond acceptors (Lipinski definition) is 4. The molecule has 0 spiro atoms. The van der Waals surface area contributed by atoms with E-state index in [-0.39, 0.29) is 24.6 Å². The van der Waals surface area contributed by atoms with Crippen LogP contribution in [0.5, 0.6) is 0 Å². The van der Waals surface area contributed by atoms with Gasteiger partial charge in [-0.1, -0.05) is 19.3 Å². The summed E-state index contributed by atoms with van der Waals surface area (Å²) in [5, 5.41) is 15.4. The number of rotatable bonds is 5. The Morgan fingerprint density at radius 2 is 2.13 bits per heavy atom. The number of carbonyl (C=O) groups excluding carboxylic acids is 1. The minimum atomic E-state index is -0.168. The number of carbonyl (C=O) groups is 1. The molecule has 1 saturated carbocycles. The second-order valence-electron chi connectivity index (χ2n) is 6.43. The highest BCUT2D eigenvalue weighted by Crippen LogP contribution is 2.23. The van der Waals surface area contributed by atoms with Crippen LogP contribution in [0.25, 0.3) is 0 Å². The van der Waals surface area contributed by atoms with Gasteiger partial charge in [0.15, 0.2) is 0 Å². The van der Waals surface area contributed by atoms with Crippen molar-refractivity contribution >= 4 is 11.8 Å². The van der Waals surface area contributed by atoms with Crippen LogP contribution in [-0.2, 0) is 6.54 Å². The third kappa shape index (κ3) is 5.39. The Morgan fingerprint density at radius 1 is 1.35 bits per heavy atom. The van der Waals surface area contributed by atoms with Crippen molar-refractivity contribution in [3.8, 4) is 0 Å². The molecule has 1 aromatic rings. The van der Waals surface area contributed by atoms with Gasteiger partial charge in [-0.25, -0.2) is 9.78 Å². The number of nitrogens with zero attached hydrogens (tertiary/aromatic N) is 2. The lowest BCUT2D eigenvalue weighted by Crippen LogP contribution is -2.45. The fraction of sp³-hybridized carbons (Fsp3) is 0.647. The van der Waals surface area contributed by atoms with Crippen molar-refractivity contribution in [1.29, 1.82) is 0 Å². The lowest BCUT2D eigenvalue weighted by molar-refractivity contribution is 0.179. The highest BCUT2D eigenvalue weighted by atomic mass is 16.3. The van der Waals surface area contributed by atoms with Gasteiger partial charge in [-0.05, 0) is 30.5 Å². The van der Waals surface area contributed by atoms with Gasteiger partial charge in [-0.3, -0.25) is 0 Å². The Labute approximate surface area is 138 Å². The number of nitrogens with one attached hydrogen (secondary N) is 2. The maximum absolute atomic E-state index is 12.1. The fourth-order valence-electron chi connectivity index (χ4n) is 3.01. The first-order valence-electron chi connectivity index (χ1n) is 8.37. The third-order valence-electron chi connectivity index (χ3n) is 4.43. The molecule has 0 aliphatic heterocycles. The summed E-state index contributed by atoms with van der Waals surface area (Å²) in [6.45, 7) is 0.604. The molecule has 0 bridgehead atoms. The first kappa shape index (κ1) is 17.5. The van der Waals surface area contributed by atoms with Crippen molar-refractivity contribution in [2.75, 3.05) is 25.6 Å². The van der Waals surface area contributed by atoms with Gasteiger partial charge < -0.3 is 20.6 Å². The van der Waals surface area contributed by atoms with Gasteiger partial charge >= 0.3 is 6.03 Å². The van der Waals surface area contributed by atoms with Crippen LogP contribution in [0.3, 0.4) is 0 Å². The summed E-state index contributed by atoms with van der Waals surface area (Å²) in [4.78, 5) is 18.3. The highest BCUT2D eigenvalue weighted by Gasteiger charge is 2.24. The van der Waals surface area contributed by atoms with Crippen molar-refractivity contribution in [2.45, 2.75) is 44.7 Å². The SMILES string of the molecule is CN(C)c1cc(CNC(=O)NC2CCCCCC2CO)ccn1. The molecular formula is C17H28N4O2. The molecule has 0 saturated heterocycles. The van der Waals surface area contributed by atoms with Crippen molar-refractivity contribution in [1.82, 2.24) is 15.6 Å². The lowest BCUT2D eigenvalue weighted by Gasteiger charge is -2.24. The number of urea groups is 1. The van der Waals surface area contributed by atoms with Gasteiger partial charge in [0.1, 0.15) is 5.82 Å². The van der Waals surface area contributed by atoms with Gasteiger partial charge in [-0.2, -0.15) is 0 Å². The molecular weight excluding hydrogens is 292 g/mol. The average Bonchev–Trinajstić information content (AvgIpc) is 2.78. The molecule has 3 N–H and O–H groups in total. The number of aliphatic hydroxyl groups excluding tert-OH is 1. The van der Waals surface area contributed by atoms with Crippen LogP contribution in [0.4, 0.5) is 10.6 Å². The van der Waals surface area contributed by atoms with Crippen LogP contribution in [0.15, 0.2) is 18.3 Å². The van der Waals surface area contributed by atoms with Gasteiger partial charge in [0.25, 0.3) is 0 Å². The Kier molecular flexibility index (Phi) is 6.65. The van der Waals surface area contributed by atoms with E-state index in [0.29, 0.717) is 6.54 Å². The zero-order chi connectivity index (χ0) is 16.7. The van der Waals surface area contributed by atoms with Crippen LogP contribution in [0.2, 0.25) is 0 Å². The summed E-state index contributed by atoms with van der Waals surface area (Å²) in [5.74, 6) is 1.04. The predicted octanol–water partition coefficient (Wildman–Crippen LogP) is 1.89. The van der Waals surface area contributed by atoms with Crippen LogP contribution >= 0.6 is 0 Å². The molecule has 6 heteroatoms. The van der Waals surface area contributed by atoms with E-state index in [0.717, 1.165) is 37.1 Å². The zero-order valence-corrected chi connectivity index (χ0v) is 14.1. The molecule has 0 aromatic carbocycles. The Balaban J connectivity index is 1.85. The topological polar surface area (TPSA) is 77.5 Å². The zero-order valence-electron chi connectivity index (χ0n) is 14.1. The molecule has 1 aliphatic rings. The molecule has 23 heavy (non-hydrogen) atoms. The quantitative estimate of drug-likeness (QED) is 0.724. The van der Waals surface area contributed by atoms with Crippen molar-refractivity contribution in [3.63, 3.8) is 0 Å². The second-order valence-corrected chi connectivity index (χ2v) is 6.43. The van der Waals surface area contributed by atoms with E-state index in [1.54, 1.807) is 6.20 Å². The molecule has 2 rings (SSSR count). The second kappa shape index (κ2) is 8.72. The minimum absolute atomic E-state index is 0.0669. The van der Waals surface area contributed by atoms with E-state index in [4.69, 9.17) is 0 Å². The summed E-state index contributed by atoms with van der Waals surface area (Å²) in [5.41, 5.74) is 1.01. The first-order chi connectivity index (χ1) is 11.1. The number of aliphatic hydroxyl groups is 1. The van der Waals surface area contributed by atoms with Gasteiger partial charge in [-0.15, -0.1) is 0 Å². The van der Waals surface area contributed by atoms with E-state index >= 15 is 0 Å². The average molecular weight is 320 g/mol. The smallest absolute Gasteiger partial charge is 0.315 e. The van der Waals surface area contributed by atoms with E-state index < -0.39 is 0 Å². The van der Waals surface area contributed by atoms with Crippen LogP contribution in [0.1, 0.15) is 37.7 Å². The Morgan fingerprint density at radius 3 is 2.87 bits per heavy atom. The summed E-state index contributed by atoms with van der Waals surface area (Å²) in [6.07, 6.45) is 7.10. The van der Waals surface area contributed by atoms with Crippen molar-refractivity contribution in [3.05, 3.63) is 23.9 Å². The maximum atomic E-state index is 12.1. The molecule has 1 aliphatic carbocycles. The molecule has 6 nitrogen and oxygen atoms in total. The molecule has 1 fully saturated rings. The fourth-order valence-corrected chi connectivity index (χ4v) is 3.01. The molecule has 1 heterocycles. The Hall–Kier alpha value is -1.82. The standard InChI is InChI=1S/C17H28N4O2/c1-21(2)16-10-13(8-9-18-16)11-19-17(23)20-15-7-5-3-4-6-14(15)12-22/h8-10,14-15,22H,3-7,11-12H2,1-2H3,(H2,19,20,23). The predicted molar refractivity (Wildman–Crippen MR) is 91.4 cm³/mol. The van der Waals surface area contributed by atoms with Crippen LogP contribution in [-0.4, -0.2) is 42.9 Å². The van der Waals surface area contributed by atoms with Gasteiger partial charge in [0.2, 0.25) is 0 Å². The molecule has 2 amide bonds. The highest BCUT2D eigenvalue weighted by molar-refractivity contribution is 5.74. The van der Waals surface area contributed by atoms with Crippen molar-refractivity contribution in [2.24, 2.45) is 5.92 Å². The monoisotopic (exact) mass is 320 g/mol. The molecule has 128 valence electrons. The number of pyridine rings is 1. The summed E-state index contributed by atoms with van der Waals surface area (Å²) < 4.78 is 0. The van der Waals surface area contributed by atoms with Gasteiger partial charge in [0.05, 0.1) is 0 Å². The first-order valence-corrected chi connectivity index (χ1v) is 8.37. The van der Waals surface area contributed by atoms with E-state index in [1.165, 1.54) is 6.42 Å². The lowest BCUT2D eigenvalue weighted by atomic mass is 9.96. The molecule has 1 aromatic heterocycles. The van der Waals surface area contributed by atoms with E-state index in [1.807, 2.05) is 31.1 Å². The number of anilines is 1. The van der Waals surface area contributed by atoms with Crippen LogP contribution in [0, 0.1) is 5.92 Å². The number of aromatic nitrogens is 1. The molecule has 0 radical (unpaired) electrons. The van der Waals surface area contributed by atoms with Gasteiger partial charge in [0, 0.05) is 45.4 Å². The third-order valence-corrected chi connectivity index (χ3v) is 4.43. The van der Waals surface area contributed by atoms with E-state index in [2.05, 4.69) is 15.6 Å². The van der Waals surface area contributed by atoms with E-state index in [9.17, 15) is 9.90 Å². The number of hydrogen-bond donors (Lipinski definition) is 3. The summed E-state index contributed by atoms with van der Waals surface area (Å²) in [7, 11) is 3.88. The molecule has 2 unspecified atom stereocenters. The summed E-state index contributed by atoms with van der Waals surface area (Å²) in [6, 6.07) is 3.76. The number of amides is 2. The largest absolute Gasteiger partial charge is 0.396 e. The molecule has 2 atom stereocenters. The Bertz CT molecular complexity index is 507. The van der Waals surface area contributed by atoms with Crippen molar-refractivity contribution < 1.29 is 9.90 Å². The summed E-state index contributed by atoms with van der Waals surface area (Å²) >= 11 is 0.